The van der Waals surface area contributed by atoms with E-state index in [9.17, 15) is 4.79 Å². The van der Waals surface area contributed by atoms with Crippen LogP contribution in [0, 0.1) is 0 Å². The number of carbonyl (C=O) groups excluding carboxylic acids is 1. The third-order valence-electron chi connectivity index (χ3n) is 5.11. The number of primary amides is 1. The number of nitrogens with one attached hydrogen (secondary N) is 1. The zero-order valence-corrected chi connectivity index (χ0v) is 13.3. The number of likely N-dealkylation sites (tertiary alicyclic amines) is 1. The monoisotopic (exact) mass is 281 g/mol. The van der Waals surface area contributed by atoms with E-state index in [0.29, 0.717) is 18.1 Å². The summed E-state index contributed by atoms with van der Waals surface area (Å²) in [5.74, 6) is -0.204. The van der Waals surface area contributed by atoms with E-state index in [1.54, 1.807) is 0 Å². The van der Waals surface area contributed by atoms with Crippen LogP contribution in [0.2, 0.25) is 0 Å². The van der Waals surface area contributed by atoms with Crippen LogP contribution in [0.15, 0.2) is 0 Å². The van der Waals surface area contributed by atoms with Gasteiger partial charge in [0.1, 0.15) is 0 Å². The number of hydrogen-bond donors (Lipinski definition) is 2. The first kappa shape index (κ1) is 15.8. The van der Waals surface area contributed by atoms with E-state index in [1.165, 1.54) is 32.1 Å². The molecule has 0 radical (unpaired) electrons. The molecule has 2 rings (SSSR count). The van der Waals surface area contributed by atoms with E-state index < -0.39 is 5.54 Å². The van der Waals surface area contributed by atoms with Gasteiger partial charge in [0.25, 0.3) is 0 Å². The molecule has 0 bridgehead atoms. The molecule has 1 aliphatic carbocycles. The van der Waals surface area contributed by atoms with Crippen LogP contribution in [0.1, 0.15) is 65.7 Å². The second-order valence-electron chi connectivity index (χ2n) is 7.09. The van der Waals surface area contributed by atoms with Crippen LogP contribution in [-0.2, 0) is 4.79 Å². The molecule has 0 aromatic rings. The first-order chi connectivity index (χ1) is 9.42. The summed E-state index contributed by atoms with van der Waals surface area (Å²) in [4.78, 5) is 14.3. The molecule has 1 saturated carbocycles. The summed E-state index contributed by atoms with van der Waals surface area (Å²) >= 11 is 0. The highest BCUT2D eigenvalue weighted by Gasteiger charge is 2.36. The third-order valence-corrected chi connectivity index (χ3v) is 5.11. The summed E-state index contributed by atoms with van der Waals surface area (Å²) in [5.41, 5.74) is 5.08. The van der Waals surface area contributed by atoms with Crippen LogP contribution in [-0.4, -0.2) is 41.0 Å². The lowest BCUT2D eigenvalue weighted by molar-refractivity contribution is -0.124. The van der Waals surface area contributed by atoms with Crippen molar-refractivity contribution in [1.29, 1.82) is 0 Å². The molecule has 2 aliphatic rings. The van der Waals surface area contributed by atoms with Gasteiger partial charge in [-0.25, -0.2) is 0 Å². The van der Waals surface area contributed by atoms with Crippen molar-refractivity contribution < 1.29 is 4.79 Å². The lowest BCUT2D eigenvalue weighted by Gasteiger charge is -2.39. The number of amides is 1. The molecule has 2 fully saturated rings. The fraction of sp³-hybridized carbons (Fsp3) is 0.938. The van der Waals surface area contributed by atoms with Crippen molar-refractivity contribution in [3.05, 3.63) is 0 Å². The Balaban J connectivity index is 1.81. The van der Waals surface area contributed by atoms with Crippen LogP contribution in [0.4, 0.5) is 0 Å². The summed E-state index contributed by atoms with van der Waals surface area (Å²) in [6, 6.07) is 1.87. The van der Waals surface area contributed by atoms with Gasteiger partial charge in [-0.2, -0.15) is 0 Å². The van der Waals surface area contributed by atoms with Crippen molar-refractivity contribution >= 4 is 5.91 Å². The quantitative estimate of drug-likeness (QED) is 0.750. The lowest BCUT2D eigenvalue weighted by atomic mass is 9.92. The Morgan fingerprint density at radius 2 is 1.85 bits per heavy atom. The van der Waals surface area contributed by atoms with Gasteiger partial charge in [-0.05, 0) is 65.8 Å². The van der Waals surface area contributed by atoms with E-state index in [2.05, 4.69) is 24.1 Å². The maximum atomic E-state index is 11.7. The Kier molecular flexibility index (Phi) is 5.08. The van der Waals surface area contributed by atoms with Crippen LogP contribution in [0.5, 0.6) is 0 Å². The molecule has 116 valence electrons. The first-order valence-corrected chi connectivity index (χ1v) is 8.26. The van der Waals surface area contributed by atoms with Crippen LogP contribution < -0.4 is 11.1 Å². The minimum Gasteiger partial charge on any atom is -0.368 e. The standard InChI is InChI=1S/C16H31N3O/c1-12-6-4-7-13(2)19(12)11-5-10-16(3,15(17)20)18-14-8-9-14/h12-14,18H,4-11H2,1-3H3,(H2,17,20)/t12-,13+,16?. The second kappa shape index (κ2) is 6.44. The Morgan fingerprint density at radius 3 is 2.35 bits per heavy atom. The lowest BCUT2D eigenvalue weighted by Crippen LogP contribution is -2.54. The molecule has 4 heteroatoms. The zero-order chi connectivity index (χ0) is 14.8. The molecule has 0 spiro atoms. The van der Waals surface area contributed by atoms with Crippen molar-refractivity contribution in [2.24, 2.45) is 5.73 Å². The zero-order valence-electron chi connectivity index (χ0n) is 13.3. The molecular weight excluding hydrogens is 250 g/mol. The predicted octanol–water partition coefficient (Wildman–Crippen LogP) is 2.03. The normalized spacial score (nSPS) is 30.9. The molecule has 20 heavy (non-hydrogen) atoms. The third kappa shape index (κ3) is 3.95. The van der Waals surface area contributed by atoms with Gasteiger partial charge < -0.3 is 11.1 Å². The van der Waals surface area contributed by atoms with Crippen molar-refractivity contribution in [1.82, 2.24) is 10.2 Å². The Morgan fingerprint density at radius 1 is 1.25 bits per heavy atom. The van der Waals surface area contributed by atoms with E-state index in [1.807, 2.05) is 6.92 Å². The van der Waals surface area contributed by atoms with Crippen LogP contribution in [0.3, 0.4) is 0 Å². The summed E-state index contributed by atoms with van der Waals surface area (Å²) in [7, 11) is 0. The average Bonchev–Trinajstić information content (AvgIpc) is 3.16. The van der Waals surface area contributed by atoms with Gasteiger partial charge in [-0.1, -0.05) is 6.42 Å². The summed E-state index contributed by atoms with van der Waals surface area (Å²) < 4.78 is 0. The number of carbonyl (C=O) groups is 1. The van der Waals surface area contributed by atoms with E-state index in [4.69, 9.17) is 5.73 Å². The fourth-order valence-corrected chi connectivity index (χ4v) is 3.48. The number of nitrogens with zero attached hydrogens (tertiary/aromatic N) is 1. The molecule has 1 aliphatic heterocycles. The topological polar surface area (TPSA) is 58.4 Å². The molecular formula is C16H31N3O. The number of hydrogen-bond acceptors (Lipinski definition) is 3. The molecule has 1 saturated heterocycles. The van der Waals surface area contributed by atoms with Gasteiger partial charge in [0, 0.05) is 18.1 Å². The summed E-state index contributed by atoms with van der Waals surface area (Å²) in [6.45, 7) is 7.70. The molecule has 1 amide bonds. The maximum Gasteiger partial charge on any atom is 0.237 e. The van der Waals surface area contributed by atoms with Crippen molar-refractivity contribution in [3.8, 4) is 0 Å². The number of nitrogens with two attached hydrogens (primary N) is 1. The van der Waals surface area contributed by atoms with Gasteiger partial charge >= 0.3 is 0 Å². The number of rotatable bonds is 7. The van der Waals surface area contributed by atoms with Gasteiger partial charge in [0.15, 0.2) is 0 Å². The molecule has 3 atom stereocenters. The van der Waals surface area contributed by atoms with Gasteiger partial charge in [0.05, 0.1) is 5.54 Å². The van der Waals surface area contributed by atoms with Gasteiger partial charge in [0.2, 0.25) is 5.91 Å². The minimum atomic E-state index is -0.524. The van der Waals surface area contributed by atoms with Gasteiger partial charge in [-0.3, -0.25) is 9.69 Å². The van der Waals surface area contributed by atoms with Crippen molar-refractivity contribution in [3.63, 3.8) is 0 Å². The number of piperidine rings is 1. The SMILES string of the molecule is C[C@@H]1CCC[C@H](C)N1CCCC(C)(NC1CC1)C(N)=O. The fourth-order valence-electron chi connectivity index (χ4n) is 3.48. The molecule has 1 heterocycles. The average molecular weight is 281 g/mol. The van der Waals surface area contributed by atoms with E-state index in [0.717, 1.165) is 19.4 Å². The molecule has 3 N–H and O–H groups in total. The maximum absolute atomic E-state index is 11.7. The van der Waals surface area contributed by atoms with Crippen molar-refractivity contribution in [2.45, 2.75) is 89.4 Å². The predicted molar refractivity (Wildman–Crippen MR) is 82.5 cm³/mol. The van der Waals surface area contributed by atoms with E-state index in [-0.39, 0.29) is 5.91 Å². The molecule has 0 aromatic heterocycles. The molecule has 0 aromatic carbocycles. The van der Waals surface area contributed by atoms with Crippen LogP contribution >= 0.6 is 0 Å². The molecule has 1 unspecified atom stereocenters. The highest BCUT2D eigenvalue weighted by atomic mass is 16.1. The highest BCUT2D eigenvalue weighted by Crippen LogP contribution is 2.26. The Labute approximate surface area is 123 Å². The van der Waals surface area contributed by atoms with Crippen molar-refractivity contribution in [2.75, 3.05) is 6.54 Å². The Bertz CT molecular complexity index is 333. The highest BCUT2D eigenvalue weighted by molar-refractivity contribution is 5.84. The summed E-state index contributed by atoms with van der Waals surface area (Å²) in [6.07, 6.45) is 8.20. The summed E-state index contributed by atoms with van der Waals surface area (Å²) in [5, 5.41) is 3.43. The molecule has 4 nitrogen and oxygen atoms in total. The smallest absolute Gasteiger partial charge is 0.237 e. The van der Waals surface area contributed by atoms with E-state index >= 15 is 0 Å². The largest absolute Gasteiger partial charge is 0.368 e. The second-order valence-corrected chi connectivity index (χ2v) is 7.09. The van der Waals surface area contributed by atoms with Gasteiger partial charge in [-0.15, -0.1) is 0 Å². The van der Waals surface area contributed by atoms with Crippen LogP contribution in [0.25, 0.3) is 0 Å². The first-order valence-electron chi connectivity index (χ1n) is 8.26. The Hall–Kier alpha value is -0.610. The minimum absolute atomic E-state index is 0.204.